The second kappa shape index (κ2) is 13.1. The van der Waals surface area contributed by atoms with Crippen LogP contribution in [0.25, 0.3) is 11.1 Å². The summed E-state index contributed by atoms with van der Waals surface area (Å²) in [6.07, 6.45) is 3.68. The lowest BCUT2D eigenvalue weighted by molar-refractivity contribution is -0.127. The Balaban J connectivity index is 1.38. The number of nitrogens with two attached hydrogens (primary N) is 1. The molecule has 1 aliphatic carbocycles. The molecule has 1 heterocycles. The van der Waals surface area contributed by atoms with Crippen LogP contribution in [0.15, 0.2) is 66.0 Å². The summed E-state index contributed by atoms with van der Waals surface area (Å²) in [5.41, 5.74) is 8.54. The van der Waals surface area contributed by atoms with Gasteiger partial charge in [-0.1, -0.05) is 42.5 Å². The van der Waals surface area contributed by atoms with E-state index in [0.29, 0.717) is 24.4 Å². The molecule has 1 aromatic heterocycles. The molecule has 0 saturated heterocycles. The molecule has 4 N–H and O–H groups in total. The minimum Gasteiger partial charge on any atom is -0.444 e. The Kier molecular flexibility index (Phi) is 9.63. The van der Waals surface area contributed by atoms with Crippen molar-refractivity contribution in [2.45, 2.75) is 64.5 Å². The van der Waals surface area contributed by atoms with Gasteiger partial charge in [-0.25, -0.2) is 4.79 Å². The standard InChI is InChI=1S/C32H39N3O4S/c1-32(2,3)39-31(38)34-19-22-9-11-25(12-10-22)30(37)35-27(17-21-7-5-4-6-8-21)28-18-26(20-40-28)23-13-15-24(16-14-23)29(33)36/h4-8,13-16,18,20,22,25,27H,9-12,17,19H2,1-3H3,(H2,33,36)(H,34,38)(H,35,37). The maximum absolute atomic E-state index is 13.4. The van der Waals surface area contributed by atoms with Crippen molar-refractivity contribution in [2.24, 2.45) is 17.6 Å². The molecule has 1 unspecified atom stereocenters. The third-order valence-corrected chi connectivity index (χ3v) is 8.26. The Hall–Kier alpha value is -3.65. The van der Waals surface area contributed by atoms with E-state index in [1.807, 2.05) is 51.1 Å². The second-order valence-corrected chi connectivity index (χ2v) is 12.5. The molecule has 1 atom stereocenters. The average molecular weight is 562 g/mol. The number of amides is 3. The molecule has 1 saturated carbocycles. The van der Waals surface area contributed by atoms with Crippen molar-refractivity contribution >= 4 is 29.2 Å². The molecule has 1 aliphatic rings. The van der Waals surface area contributed by atoms with Crippen LogP contribution >= 0.6 is 11.3 Å². The van der Waals surface area contributed by atoms with Crippen molar-refractivity contribution in [1.29, 1.82) is 0 Å². The number of primary amides is 1. The Morgan fingerprint density at radius 3 is 2.27 bits per heavy atom. The van der Waals surface area contributed by atoms with E-state index in [4.69, 9.17) is 10.5 Å². The first-order chi connectivity index (χ1) is 19.1. The van der Waals surface area contributed by atoms with Gasteiger partial charge >= 0.3 is 6.09 Å². The van der Waals surface area contributed by atoms with E-state index in [1.54, 1.807) is 23.5 Å². The minimum absolute atomic E-state index is 0.0446. The summed E-state index contributed by atoms with van der Waals surface area (Å²) in [6, 6.07) is 19.4. The van der Waals surface area contributed by atoms with Crippen molar-refractivity contribution in [3.63, 3.8) is 0 Å². The third-order valence-electron chi connectivity index (χ3n) is 7.22. The highest BCUT2D eigenvalue weighted by Crippen LogP contribution is 2.33. The molecule has 0 radical (unpaired) electrons. The molecule has 8 heteroatoms. The normalized spacial score (nSPS) is 18.0. The molecule has 3 aromatic rings. The lowest BCUT2D eigenvalue weighted by Crippen LogP contribution is -2.39. The van der Waals surface area contributed by atoms with E-state index in [-0.39, 0.29) is 17.9 Å². The predicted octanol–water partition coefficient (Wildman–Crippen LogP) is 6.25. The van der Waals surface area contributed by atoms with Crippen molar-refractivity contribution in [3.05, 3.63) is 82.0 Å². The quantitative estimate of drug-likeness (QED) is 0.287. The Morgan fingerprint density at radius 2 is 1.65 bits per heavy atom. The van der Waals surface area contributed by atoms with Crippen LogP contribution in [-0.4, -0.2) is 30.1 Å². The topological polar surface area (TPSA) is 111 Å². The monoisotopic (exact) mass is 561 g/mol. The number of carbonyl (C=O) groups excluding carboxylic acids is 3. The number of hydrogen-bond donors (Lipinski definition) is 3. The molecule has 2 aromatic carbocycles. The van der Waals surface area contributed by atoms with E-state index in [2.05, 4.69) is 34.2 Å². The first kappa shape index (κ1) is 29.3. The molecule has 1 fully saturated rings. The summed E-state index contributed by atoms with van der Waals surface area (Å²) in [6.45, 7) is 6.11. The first-order valence-electron chi connectivity index (χ1n) is 13.9. The van der Waals surface area contributed by atoms with Gasteiger partial charge in [0.05, 0.1) is 6.04 Å². The fraction of sp³-hybridized carbons (Fsp3) is 0.406. The highest BCUT2D eigenvalue weighted by atomic mass is 32.1. The van der Waals surface area contributed by atoms with Crippen LogP contribution in [-0.2, 0) is 16.0 Å². The maximum atomic E-state index is 13.4. The molecule has 40 heavy (non-hydrogen) atoms. The zero-order valence-corrected chi connectivity index (χ0v) is 24.3. The van der Waals surface area contributed by atoms with Gasteiger partial charge in [-0.3, -0.25) is 9.59 Å². The molecule has 0 spiro atoms. The van der Waals surface area contributed by atoms with Gasteiger partial charge in [-0.2, -0.15) is 0 Å². The summed E-state index contributed by atoms with van der Waals surface area (Å²) in [7, 11) is 0. The Morgan fingerprint density at radius 1 is 0.975 bits per heavy atom. The van der Waals surface area contributed by atoms with Gasteiger partial charge in [0.2, 0.25) is 11.8 Å². The van der Waals surface area contributed by atoms with Crippen molar-refractivity contribution in [1.82, 2.24) is 10.6 Å². The second-order valence-electron chi connectivity index (χ2n) is 11.5. The summed E-state index contributed by atoms with van der Waals surface area (Å²) < 4.78 is 5.34. The van der Waals surface area contributed by atoms with Crippen molar-refractivity contribution < 1.29 is 19.1 Å². The van der Waals surface area contributed by atoms with E-state index < -0.39 is 17.6 Å². The van der Waals surface area contributed by atoms with Crippen molar-refractivity contribution in [3.8, 4) is 11.1 Å². The summed E-state index contributed by atoms with van der Waals surface area (Å²) >= 11 is 1.63. The molecular weight excluding hydrogens is 522 g/mol. The molecule has 7 nitrogen and oxygen atoms in total. The number of rotatable bonds is 9. The minimum atomic E-state index is -0.519. The molecule has 0 bridgehead atoms. The van der Waals surface area contributed by atoms with Gasteiger partial charge in [0.15, 0.2) is 0 Å². The third kappa shape index (κ3) is 8.42. The van der Waals surface area contributed by atoms with Gasteiger partial charge < -0.3 is 21.1 Å². The lowest BCUT2D eigenvalue weighted by Gasteiger charge is -2.29. The highest BCUT2D eigenvalue weighted by Gasteiger charge is 2.29. The van der Waals surface area contributed by atoms with Crippen LogP contribution in [0.4, 0.5) is 4.79 Å². The van der Waals surface area contributed by atoms with Gasteiger partial charge in [0.1, 0.15) is 5.60 Å². The Bertz CT molecular complexity index is 1290. The van der Waals surface area contributed by atoms with Gasteiger partial charge in [-0.05, 0) is 99.1 Å². The Labute approximate surface area is 240 Å². The summed E-state index contributed by atoms with van der Waals surface area (Å²) in [4.78, 5) is 38.0. The fourth-order valence-corrected chi connectivity index (χ4v) is 6.02. The van der Waals surface area contributed by atoms with Crippen molar-refractivity contribution in [2.75, 3.05) is 6.54 Å². The number of alkyl carbamates (subject to hydrolysis) is 1. The molecular formula is C32H39N3O4S. The van der Waals surface area contributed by atoms with E-state index in [1.165, 1.54) is 0 Å². The summed E-state index contributed by atoms with van der Waals surface area (Å²) in [5.74, 6) is -0.0638. The summed E-state index contributed by atoms with van der Waals surface area (Å²) in [5, 5.41) is 8.31. The first-order valence-corrected chi connectivity index (χ1v) is 14.7. The van der Waals surface area contributed by atoms with Crippen LogP contribution in [0, 0.1) is 11.8 Å². The zero-order chi connectivity index (χ0) is 28.7. The van der Waals surface area contributed by atoms with Gasteiger partial charge in [0.25, 0.3) is 0 Å². The van der Waals surface area contributed by atoms with Crippen LogP contribution < -0.4 is 16.4 Å². The number of nitrogens with one attached hydrogen (secondary N) is 2. The fourth-order valence-electron chi connectivity index (χ4n) is 5.05. The number of ether oxygens (including phenoxy) is 1. The van der Waals surface area contributed by atoms with Crippen LogP contribution in [0.3, 0.4) is 0 Å². The van der Waals surface area contributed by atoms with Crippen LogP contribution in [0.2, 0.25) is 0 Å². The highest BCUT2D eigenvalue weighted by molar-refractivity contribution is 7.10. The molecule has 4 rings (SSSR count). The molecule has 0 aliphatic heterocycles. The number of thiophene rings is 1. The lowest BCUT2D eigenvalue weighted by atomic mass is 9.81. The van der Waals surface area contributed by atoms with Gasteiger partial charge in [0, 0.05) is 22.9 Å². The van der Waals surface area contributed by atoms with E-state index in [9.17, 15) is 14.4 Å². The predicted molar refractivity (Wildman–Crippen MR) is 159 cm³/mol. The number of hydrogen-bond acceptors (Lipinski definition) is 5. The zero-order valence-electron chi connectivity index (χ0n) is 23.4. The van der Waals surface area contributed by atoms with E-state index >= 15 is 0 Å². The van der Waals surface area contributed by atoms with Crippen LogP contribution in [0.5, 0.6) is 0 Å². The SMILES string of the molecule is CC(C)(C)OC(=O)NCC1CCC(C(=O)NC(Cc2ccccc2)c2cc(-c3ccc(C(N)=O)cc3)cs2)CC1. The van der Waals surface area contributed by atoms with E-state index in [0.717, 1.165) is 47.3 Å². The van der Waals surface area contributed by atoms with Gasteiger partial charge in [-0.15, -0.1) is 11.3 Å². The largest absolute Gasteiger partial charge is 0.444 e. The smallest absolute Gasteiger partial charge is 0.407 e. The number of benzene rings is 2. The molecule has 212 valence electrons. The van der Waals surface area contributed by atoms with Crippen LogP contribution in [0.1, 0.15) is 73.3 Å². The average Bonchev–Trinajstić information content (AvgIpc) is 3.42. The molecule has 3 amide bonds. The number of carbonyl (C=O) groups is 3. The maximum Gasteiger partial charge on any atom is 0.407 e.